The summed E-state index contributed by atoms with van der Waals surface area (Å²) in [6.45, 7) is 8.41. The lowest BCUT2D eigenvalue weighted by atomic mass is 9.82. The summed E-state index contributed by atoms with van der Waals surface area (Å²) < 4.78 is 13.5. The molecule has 4 aliphatic heterocycles. The number of aliphatic hydroxyl groups excluding tert-OH is 1. The van der Waals surface area contributed by atoms with E-state index in [0.29, 0.717) is 12.2 Å². The van der Waals surface area contributed by atoms with Gasteiger partial charge in [0.25, 0.3) is 5.91 Å². The number of nitrogens with zero attached hydrogens (tertiary/aromatic N) is 2. The molecule has 3 saturated heterocycles. The number of fused-ring (bicyclic) bond motifs is 2. The second-order valence-electron chi connectivity index (χ2n) is 15.3. The molecule has 6 atom stereocenters. The molecule has 3 aromatic carbocycles. The molecule has 0 saturated carbocycles. The van der Waals surface area contributed by atoms with Crippen molar-refractivity contribution in [1.29, 1.82) is 0 Å². The summed E-state index contributed by atoms with van der Waals surface area (Å²) in [6.07, 6.45) is 3.03. The Labute approximate surface area is 315 Å². The van der Waals surface area contributed by atoms with E-state index >= 15 is 4.79 Å². The van der Waals surface area contributed by atoms with Crippen molar-refractivity contribution in [2.45, 2.75) is 88.0 Å². The number of halogens is 1. The molecule has 0 unspecified atom stereocenters. The predicted octanol–water partition coefficient (Wildman–Crippen LogP) is 5.28. The molecule has 4 heterocycles. The zero-order valence-corrected chi connectivity index (χ0v) is 32.9. The van der Waals surface area contributed by atoms with Gasteiger partial charge in [-0.2, -0.15) is 0 Å². The number of anilines is 2. The highest BCUT2D eigenvalue weighted by atomic mass is 79.9. The summed E-state index contributed by atoms with van der Waals surface area (Å²) in [6, 6.07) is 21.4. The Bertz CT molecular complexity index is 1830. The van der Waals surface area contributed by atoms with Crippen molar-refractivity contribution in [3.05, 3.63) is 82.3 Å². The molecule has 0 bridgehead atoms. The Morgan fingerprint density at radius 3 is 2.60 bits per heavy atom. The first kappa shape index (κ1) is 36.8. The van der Waals surface area contributed by atoms with Crippen LogP contribution in [0.2, 0.25) is 18.6 Å². The number of rotatable bonds is 10. The van der Waals surface area contributed by atoms with Crippen LogP contribution in [-0.4, -0.2) is 80.8 Å². The quantitative estimate of drug-likeness (QED) is 0.239. The van der Waals surface area contributed by atoms with Gasteiger partial charge < -0.3 is 35.0 Å². The van der Waals surface area contributed by atoms with Crippen LogP contribution >= 0.6 is 15.9 Å². The Balaban J connectivity index is 1.25. The van der Waals surface area contributed by atoms with Crippen molar-refractivity contribution in [1.82, 2.24) is 10.2 Å². The molecule has 4 aliphatic rings. The van der Waals surface area contributed by atoms with Crippen molar-refractivity contribution in [3.8, 4) is 5.75 Å². The highest BCUT2D eigenvalue weighted by molar-refractivity contribution is 9.10. The van der Waals surface area contributed by atoms with Crippen molar-refractivity contribution < 1.29 is 29.0 Å². The number of hydrogen-bond acceptors (Lipinski definition) is 7. The van der Waals surface area contributed by atoms with E-state index in [1.54, 1.807) is 12.0 Å². The second kappa shape index (κ2) is 14.7. The second-order valence-corrected chi connectivity index (χ2v) is 20.9. The van der Waals surface area contributed by atoms with Crippen LogP contribution in [0.5, 0.6) is 5.75 Å². The van der Waals surface area contributed by atoms with E-state index in [1.807, 2.05) is 59.5 Å². The van der Waals surface area contributed by atoms with Crippen molar-refractivity contribution in [3.63, 3.8) is 0 Å². The summed E-state index contributed by atoms with van der Waals surface area (Å²) >= 11 is 3.68. The summed E-state index contributed by atoms with van der Waals surface area (Å²) in [5.41, 5.74) is 1.73. The third-order valence-electron chi connectivity index (χ3n) is 12.0. The number of benzene rings is 3. The summed E-state index contributed by atoms with van der Waals surface area (Å²) in [5.74, 6) is 0.265. The molecular formula is C40H49BrN4O6Si. The minimum absolute atomic E-state index is 0.0428. The largest absolute Gasteiger partial charge is 0.497 e. The number of carbonyl (C=O) groups excluding carboxylic acids is 3. The molecular weight excluding hydrogens is 740 g/mol. The average Bonchev–Trinajstić information content (AvgIpc) is 3.94. The first-order valence-corrected chi connectivity index (χ1v) is 22.3. The SMILES string of the molecule is COc1ccc([Si](C)(C)[C@@H]2[C@@H](CC(=O)N3CCC[C@H]3CO)O[C@]3(C(=O)N(Cc4cccc(NC(=O)[C@H]5CCCN5)c4)c4ccc(Br)cc43)[C@H]2C)cc1. The molecule has 0 aliphatic carbocycles. The highest BCUT2D eigenvalue weighted by Gasteiger charge is 2.66. The van der Waals surface area contributed by atoms with E-state index < -0.39 is 19.8 Å². The zero-order valence-electron chi connectivity index (χ0n) is 30.4. The Morgan fingerprint density at radius 1 is 1.10 bits per heavy atom. The molecule has 52 heavy (non-hydrogen) atoms. The normalized spacial score (nSPS) is 27.0. The van der Waals surface area contributed by atoms with Crippen LogP contribution in [0.25, 0.3) is 0 Å². The van der Waals surface area contributed by atoms with Gasteiger partial charge in [-0.25, -0.2) is 0 Å². The van der Waals surface area contributed by atoms with Crippen LogP contribution in [0.4, 0.5) is 11.4 Å². The standard InChI is InChI=1S/C40H49BrN4O6Si/c1-25-37(52(3,4)31-15-13-30(50-2)14-16-31)35(22-36(47)44-19-7-10-29(44)24-46)51-40(25)32-21-27(41)12-17-34(32)45(39(40)49)23-26-8-5-9-28(20-26)43-38(48)33-11-6-18-42-33/h5,8-9,12-17,20-21,25,29,33,35,37,42,46H,6-7,10-11,18-19,22-24H2,1-4H3,(H,43,48)/t25-,29-,33+,35+,37-,40+/m0/s1. The molecule has 7 rings (SSSR count). The fraction of sp³-hybridized carbons (Fsp3) is 0.475. The van der Waals surface area contributed by atoms with Gasteiger partial charge >= 0.3 is 0 Å². The lowest BCUT2D eigenvalue weighted by Gasteiger charge is -2.37. The lowest BCUT2D eigenvalue weighted by molar-refractivity contribution is -0.150. The van der Waals surface area contributed by atoms with Crippen LogP contribution in [0.15, 0.2) is 71.2 Å². The van der Waals surface area contributed by atoms with Gasteiger partial charge in [-0.1, -0.05) is 65.4 Å². The van der Waals surface area contributed by atoms with Crippen LogP contribution < -0.4 is 25.5 Å². The number of amides is 3. The molecule has 3 aromatic rings. The average molecular weight is 790 g/mol. The van der Waals surface area contributed by atoms with E-state index in [4.69, 9.17) is 9.47 Å². The molecule has 0 radical (unpaired) electrons. The monoisotopic (exact) mass is 788 g/mol. The van der Waals surface area contributed by atoms with Crippen molar-refractivity contribution in [2.24, 2.45) is 5.92 Å². The smallest absolute Gasteiger partial charge is 0.264 e. The van der Waals surface area contributed by atoms with Crippen molar-refractivity contribution >= 4 is 58.3 Å². The summed E-state index contributed by atoms with van der Waals surface area (Å²) in [5, 5.41) is 17.5. The molecule has 10 nitrogen and oxygen atoms in total. The first-order chi connectivity index (χ1) is 25.0. The summed E-state index contributed by atoms with van der Waals surface area (Å²) in [7, 11) is -0.803. The third kappa shape index (κ3) is 6.50. The number of likely N-dealkylation sites (tertiary alicyclic amines) is 1. The van der Waals surface area contributed by atoms with E-state index in [2.05, 4.69) is 58.7 Å². The molecule has 276 valence electrons. The lowest BCUT2D eigenvalue weighted by Crippen LogP contribution is -2.52. The van der Waals surface area contributed by atoms with E-state index in [0.717, 1.165) is 59.3 Å². The first-order valence-electron chi connectivity index (χ1n) is 18.5. The molecule has 3 amide bonds. The fourth-order valence-corrected chi connectivity index (χ4v) is 13.7. The van der Waals surface area contributed by atoms with Crippen molar-refractivity contribution in [2.75, 3.05) is 37.0 Å². The maximum atomic E-state index is 15.2. The molecule has 12 heteroatoms. The van der Waals surface area contributed by atoms with E-state index in [1.165, 1.54) is 5.19 Å². The number of methoxy groups -OCH3 is 1. The van der Waals surface area contributed by atoms with E-state index in [-0.39, 0.29) is 60.8 Å². The van der Waals surface area contributed by atoms with Crippen LogP contribution in [-0.2, 0) is 31.3 Å². The molecule has 1 spiro atoms. The Morgan fingerprint density at radius 2 is 1.88 bits per heavy atom. The number of hydrogen-bond donors (Lipinski definition) is 3. The fourth-order valence-electron chi connectivity index (χ4n) is 9.35. The minimum atomic E-state index is -2.46. The minimum Gasteiger partial charge on any atom is -0.497 e. The zero-order chi connectivity index (χ0) is 36.8. The molecule has 0 aromatic heterocycles. The van der Waals surface area contributed by atoms with Gasteiger partial charge in [0, 0.05) is 28.2 Å². The van der Waals surface area contributed by atoms with E-state index in [9.17, 15) is 14.7 Å². The van der Waals surface area contributed by atoms with Gasteiger partial charge in [-0.15, -0.1) is 0 Å². The number of ether oxygens (including phenoxy) is 2. The van der Waals surface area contributed by atoms with Crippen LogP contribution in [0.3, 0.4) is 0 Å². The predicted molar refractivity (Wildman–Crippen MR) is 207 cm³/mol. The number of aliphatic hydroxyl groups is 1. The van der Waals surface area contributed by atoms with Gasteiger partial charge in [0.2, 0.25) is 11.8 Å². The molecule has 3 fully saturated rings. The summed E-state index contributed by atoms with van der Waals surface area (Å²) in [4.78, 5) is 45.8. The van der Waals surface area contributed by atoms with Gasteiger partial charge in [-0.05, 0) is 85.8 Å². The van der Waals surface area contributed by atoms with Crippen LogP contribution in [0, 0.1) is 5.92 Å². The van der Waals surface area contributed by atoms with Crippen LogP contribution in [0.1, 0.15) is 50.2 Å². The Kier molecular flexibility index (Phi) is 10.4. The Hall–Kier alpha value is -3.55. The van der Waals surface area contributed by atoms with Gasteiger partial charge in [0.05, 0.1) is 58.6 Å². The van der Waals surface area contributed by atoms with Gasteiger partial charge in [0.1, 0.15) is 5.75 Å². The molecule has 3 N–H and O–H groups in total. The third-order valence-corrected chi connectivity index (χ3v) is 16.8. The highest BCUT2D eigenvalue weighted by Crippen LogP contribution is 2.60. The topological polar surface area (TPSA) is 120 Å². The maximum Gasteiger partial charge on any atom is 0.264 e. The van der Waals surface area contributed by atoms with Gasteiger partial charge in [0.15, 0.2) is 5.60 Å². The number of nitrogens with one attached hydrogen (secondary N) is 2. The van der Waals surface area contributed by atoms with Gasteiger partial charge in [-0.3, -0.25) is 14.4 Å². The maximum absolute atomic E-state index is 15.2. The number of carbonyl (C=O) groups is 3.